The van der Waals surface area contributed by atoms with Gasteiger partial charge in [0.15, 0.2) is 30.4 Å². The molecule has 2 aromatic carbocycles. The Hall–Kier alpha value is -3.84. The Bertz CT molecular complexity index is 1940. The molecule has 316 valence electrons. The zero-order valence-electron chi connectivity index (χ0n) is 33.7. The van der Waals surface area contributed by atoms with Crippen LogP contribution in [0.3, 0.4) is 0 Å². The lowest BCUT2D eigenvalue weighted by atomic mass is 9.67. The number of carbonyl (C=O) groups is 4. The number of aliphatic hydroxyl groups excluding tert-OH is 1. The van der Waals surface area contributed by atoms with E-state index in [-0.39, 0.29) is 70.9 Å². The van der Waals surface area contributed by atoms with Crippen molar-refractivity contribution in [1.29, 1.82) is 0 Å². The molecule has 0 amide bonds. The van der Waals surface area contributed by atoms with E-state index in [1.165, 1.54) is 31.4 Å². The fourth-order valence-corrected chi connectivity index (χ4v) is 9.27. The number of methoxy groups -OCH3 is 1. The predicted molar refractivity (Wildman–Crippen MR) is 201 cm³/mol. The molecule has 4 N–H and O–H groups in total. The molecule has 0 radical (unpaired) electrons. The number of phenolic OH excluding ortho intramolecular Hbond substituents is 2. The summed E-state index contributed by atoms with van der Waals surface area (Å²) in [4.78, 5) is 55.0. The van der Waals surface area contributed by atoms with E-state index in [4.69, 9.17) is 33.2 Å². The fourth-order valence-electron chi connectivity index (χ4n) is 9.27. The number of likely N-dealkylation sites (N-methyl/N-ethyl adjacent to an activating group) is 1. The monoisotopic (exact) mass is 811 g/mol. The smallest absolute Gasteiger partial charge is 0.316 e. The number of fused-ring (bicyclic) bond motifs is 3. The Morgan fingerprint density at radius 3 is 2.21 bits per heavy atom. The number of hydrogen-bond acceptors (Lipinski definition) is 16. The van der Waals surface area contributed by atoms with E-state index < -0.39 is 102 Å². The Balaban J connectivity index is 1.13. The molecule has 0 spiro atoms. The van der Waals surface area contributed by atoms with Gasteiger partial charge in [0.2, 0.25) is 5.78 Å². The highest BCUT2D eigenvalue weighted by Gasteiger charge is 2.53. The summed E-state index contributed by atoms with van der Waals surface area (Å²) < 4.78 is 42.6. The van der Waals surface area contributed by atoms with Gasteiger partial charge in [-0.2, -0.15) is 0 Å². The molecule has 16 nitrogen and oxygen atoms in total. The zero-order chi connectivity index (χ0) is 42.0. The summed E-state index contributed by atoms with van der Waals surface area (Å²) in [5.41, 5.74) is -2.49. The van der Waals surface area contributed by atoms with Crippen molar-refractivity contribution in [3.05, 3.63) is 57.6 Å². The molecule has 13 atom stereocenters. The van der Waals surface area contributed by atoms with Gasteiger partial charge in [0.1, 0.15) is 35.7 Å². The van der Waals surface area contributed by atoms with Gasteiger partial charge in [-0.1, -0.05) is 19.1 Å². The molecule has 3 saturated heterocycles. The molecule has 0 aromatic heterocycles. The van der Waals surface area contributed by atoms with Crippen molar-refractivity contribution in [2.75, 3.05) is 21.2 Å². The Labute approximate surface area is 336 Å². The van der Waals surface area contributed by atoms with E-state index in [9.17, 15) is 39.6 Å². The number of ether oxygens (including phenoxy) is 7. The molecule has 2 aliphatic carbocycles. The highest BCUT2D eigenvalue weighted by Crippen LogP contribution is 2.54. The first-order chi connectivity index (χ1) is 27.5. The van der Waals surface area contributed by atoms with Crippen LogP contribution >= 0.6 is 0 Å². The fraction of sp³-hybridized carbons (Fsp3) is 0.619. The lowest BCUT2D eigenvalue weighted by molar-refractivity contribution is -0.324. The van der Waals surface area contributed by atoms with Crippen LogP contribution in [0.1, 0.15) is 121 Å². The normalized spacial score (nSPS) is 36.3. The number of esters is 1. The van der Waals surface area contributed by atoms with E-state index in [0.29, 0.717) is 12.8 Å². The van der Waals surface area contributed by atoms with E-state index in [2.05, 4.69) is 0 Å². The number of carbonyl (C=O) groups excluding carboxylic acids is 4. The van der Waals surface area contributed by atoms with Crippen LogP contribution in [0.2, 0.25) is 0 Å². The topological polar surface area (TPSA) is 217 Å². The second-order valence-corrected chi connectivity index (χ2v) is 16.3. The Morgan fingerprint density at radius 1 is 0.897 bits per heavy atom. The summed E-state index contributed by atoms with van der Waals surface area (Å²) in [7, 11) is 4.91. The quantitative estimate of drug-likeness (QED) is 0.228. The van der Waals surface area contributed by atoms with Crippen molar-refractivity contribution in [2.45, 2.75) is 145 Å². The van der Waals surface area contributed by atoms with Crippen LogP contribution in [0.25, 0.3) is 0 Å². The van der Waals surface area contributed by atoms with Crippen LogP contribution in [0, 0.1) is 0 Å². The van der Waals surface area contributed by atoms with E-state index >= 15 is 0 Å². The minimum atomic E-state index is -1.76. The van der Waals surface area contributed by atoms with Crippen molar-refractivity contribution in [1.82, 2.24) is 4.90 Å². The number of phenols is 2. The summed E-state index contributed by atoms with van der Waals surface area (Å²) in [5.74, 6) is -4.59. The maximum atomic E-state index is 13.9. The predicted octanol–water partition coefficient (Wildman–Crippen LogP) is 3.16. The van der Waals surface area contributed by atoms with E-state index in [1.807, 2.05) is 19.0 Å². The molecular weight excluding hydrogens is 758 g/mol. The number of nitrogens with zero attached hydrogens (tertiary/aromatic N) is 1. The largest absolute Gasteiger partial charge is 0.507 e. The van der Waals surface area contributed by atoms with Crippen molar-refractivity contribution < 1.29 is 72.8 Å². The van der Waals surface area contributed by atoms with Gasteiger partial charge in [-0.25, -0.2) is 0 Å². The number of ketones is 3. The summed E-state index contributed by atoms with van der Waals surface area (Å²) in [6, 6.07) is 5.11. The Kier molecular flexibility index (Phi) is 11.9. The maximum absolute atomic E-state index is 13.9. The zero-order valence-corrected chi connectivity index (χ0v) is 33.7. The molecule has 3 heterocycles. The SMILES string of the molecule is CC[C@]1(O)C[C@@H](O[C@@H]2C[C@@H](N(C)C)[C@@H](O[C@H]3C[C@@H](O)[C@@H](O[C@H]4CCC(=O)[C@@H](C)O4)[C@@H](C)O3)[C@@H](C)O2)c2c(cc3c(c2O)C(=O)c2c(O)cccc2C3=O)[C@@H]1C(=O)OC. The number of rotatable bonds is 9. The first-order valence-corrected chi connectivity index (χ1v) is 19.9. The average molecular weight is 812 g/mol. The van der Waals surface area contributed by atoms with Crippen LogP contribution < -0.4 is 0 Å². The highest BCUT2D eigenvalue weighted by molar-refractivity contribution is 6.30. The van der Waals surface area contributed by atoms with Gasteiger partial charge < -0.3 is 58.5 Å². The molecule has 58 heavy (non-hydrogen) atoms. The summed E-state index contributed by atoms with van der Waals surface area (Å²) >= 11 is 0. The molecule has 0 saturated carbocycles. The number of hydrogen-bond donors (Lipinski definition) is 4. The van der Waals surface area contributed by atoms with Crippen LogP contribution in [-0.4, -0.2) is 137 Å². The van der Waals surface area contributed by atoms with Crippen molar-refractivity contribution >= 4 is 23.3 Å². The van der Waals surface area contributed by atoms with Crippen molar-refractivity contribution in [2.24, 2.45) is 0 Å². The van der Waals surface area contributed by atoms with Crippen LogP contribution in [0.5, 0.6) is 11.5 Å². The number of aromatic hydroxyl groups is 2. The molecule has 3 fully saturated rings. The third-order valence-corrected chi connectivity index (χ3v) is 12.4. The van der Waals surface area contributed by atoms with Gasteiger partial charge in [0.05, 0.1) is 48.3 Å². The Morgan fingerprint density at radius 2 is 1.57 bits per heavy atom. The van der Waals surface area contributed by atoms with Crippen LogP contribution in [0.4, 0.5) is 0 Å². The van der Waals surface area contributed by atoms with Gasteiger partial charge in [0.25, 0.3) is 0 Å². The molecule has 0 unspecified atom stereocenters. The molecule has 16 heteroatoms. The maximum Gasteiger partial charge on any atom is 0.316 e. The molecule has 3 aliphatic heterocycles. The first-order valence-electron chi connectivity index (χ1n) is 19.9. The van der Waals surface area contributed by atoms with E-state index in [1.54, 1.807) is 27.7 Å². The van der Waals surface area contributed by atoms with Crippen LogP contribution in [-0.2, 0) is 42.7 Å². The second-order valence-electron chi connectivity index (χ2n) is 16.3. The van der Waals surface area contributed by atoms with Gasteiger partial charge in [-0.05, 0) is 59.0 Å². The number of benzene rings is 2. The number of aliphatic hydroxyl groups is 2. The minimum absolute atomic E-state index is 0.00573. The lowest BCUT2D eigenvalue weighted by Crippen LogP contribution is -2.58. The average Bonchev–Trinajstić information content (AvgIpc) is 3.17. The number of Topliss-reactive ketones (excluding diaryl/α,β-unsaturated/α-hetero) is 1. The van der Waals surface area contributed by atoms with Gasteiger partial charge in [-0.15, -0.1) is 0 Å². The third-order valence-electron chi connectivity index (χ3n) is 12.4. The van der Waals surface area contributed by atoms with Crippen molar-refractivity contribution in [3.63, 3.8) is 0 Å². The summed E-state index contributed by atoms with van der Waals surface area (Å²) in [5, 5.41) is 45.9. The third kappa shape index (κ3) is 7.47. The summed E-state index contributed by atoms with van der Waals surface area (Å²) in [6.45, 7) is 6.95. The van der Waals surface area contributed by atoms with Crippen LogP contribution in [0.15, 0.2) is 24.3 Å². The highest BCUT2D eigenvalue weighted by atomic mass is 16.7. The van der Waals surface area contributed by atoms with Gasteiger partial charge in [0, 0.05) is 54.8 Å². The van der Waals surface area contributed by atoms with E-state index in [0.717, 1.165) is 0 Å². The molecule has 2 aromatic rings. The van der Waals surface area contributed by atoms with Gasteiger partial charge >= 0.3 is 5.97 Å². The van der Waals surface area contributed by atoms with Gasteiger partial charge in [-0.3, -0.25) is 19.2 Å². The first kappa shape index (κ1) is 42.3. The molecule has 7 rings (SSSR count). The molecule has 5 aliphatic rings. The lowest BCUT2D eigenvalue weighted by Gasteiger charge is -2.48. The minimum Gasteiger partial charge on any atom is -0.507 e. The second kappa shape index (κ2) is 16.3. The summed E-state index contributed by atoms with van der Waals surface area (Å²) in [6.07, 6.45) is -6.64. The standard InChI is InChI=1S/C42H53NO15/c1-8-42(51)17-28(33-22(35(42)41(50)52-7)14-23-34(38(33)49)37(48)32-21(36(23)47)10-9-11-26(32)45)56-30-15-24(43(5)6)39(19(3)54-30)58-31-16-27(46)40(20(4)55-31)57-29-13-12-25(44)18(2)53-29/h9-11,14,18-20,24,27-31,35,39-40,45-46,49,51H,8,12-13,15-17H2,1-7H3/t18-,19-,20-,24-,27-,28-,29+,30-,31+,35-,39+,40+,42+/m1/s1. The van der Waals surface area contributed by atoms with Crippen molar-refractivity contribution in [3.8, 4) is 11.5 Å². The molecule has 0 bridgehead atoms. The molecular formula is C42H53NO15.